The fourth-order valence-electron chi connectivity index (χ4n) is 2.02. The van der Waals surface area contributed by atoms with E-state index in [1.54, 1.807) is 13.2 Å². The molecule has 0 aliphatic heterocycles. The second kappa shape index (κ2) is 8.23. The molecule has 0 spiro atoms. The molecular formula is C18H23NO3. The van der Waals surface area contributed by atoms with Crippen LogP contribution in [-0.2, 0) is 16.0 Å². The van der Waals surface area contributed by atoms with Gasteiger partial charge >= 0.3 is 5.97 Å². The predicted molar refractivity (Wildman–Crippen MR) is 86.4 cm³/mol. The first-order valence-electron chi connectivity index (χ1n) is 7.31. The lowest BCUT2D eigenvalue weighted by atomic mass is 10.0. The Kier molecular flexibility index (Phi) is 6.65. The molecule has 0 unspecified atom stereocenters. The van der Waals surface area contributed by atoms with E-state index >= 15 is 0 Å². The minimum Gasteiger partial charge on any atom is -0.496 e. The zero-order chi connectivity index (χ0) is 16.6. The first-order chi connectivity index (χ1) is 10.4. The van der Waals surface area contributed by atoms with Crippen LogP contribution in [0.15, 0.2) is 24.3 Å². The number of methoxy groups -OCH3 is 1. The van der Waals surface area contributed by atoms with E-state index in [1.807, 2.05) is 39.0 Å². The third-order valence-electron chi connectivity index (χ3n) is 2.90. The number of esters is 1. The molecule has 22 heavy (non-hydrogen) atoms. The fraction of sp³-hybridized carbons (Fsp3) is 0.444. The average Bonchev–Trinajstić information content (AvgIpc) is 2.44. The number of carbonyl (C=O) groups excluding carboxylic acids is 1. The lowest BCUT2D eigenvalue weighted by molar-refractivity contribution is -0.148. The number of nitriles is 1. The van der Waals surface area contributed by atoms with E-state index in [0.29, 0.717) is 12.2 Å². The molecule has 118 valence electrons. The maximum Gasteiger partial charge on any atom is 0.331 e. The van der Waals surface area contributed by atoms with Crippen molar-refractivity contribution >= 4 is 12.0 Å². The van der Waals surface area contributed by atoms with E-state index < -0.39 is 5.60 Å². The minimum absolute atomic E-state index is 0.388. The number of ether oxygens (including phenoxy) is 2. The number of hydrogen-bond donors (Lipinski definition) is 0. The molecule has 0 aromatic heterocycles. The fourth-order valence-corrected chi connectivity index (χ4v) is 2.02. The highest BCUT2D eigenvalue weighted by atomic mass is 16.6. The Morgan fingerprint density at radius 1 is 1.36 bits per heavy atom. The molecule has 0 saturated heterocycles. The normalized spacial score (nSPS) is 11.2. The van der Waals surface area contributed by atoms with Crippen LogP contribution in [0.5, 0.6) is 5.75 Å². The smallest absolute Gasteiger partial charge is 0.331 e. The summed E-state index contributed by atoms with van der Waals surface area (Å²) in [4.78, 5) is 11.8. The number of aryl methyl sites for hydroxylation is 1. The molecule has 0 fully saturated rings. The van der Waals surface area contributed by atoms with Crippen LogP contribution < -0.4 is 4.74 Å². The van der Waals surface area contributed by atoms with Crippen LogP contribution in [0.4, 0.5) is 0 Å². The van der Waals surface area contributed by atoms with Gasteiger partial charge < -0.3 is 9.47 Å². The average molecular weight is 301 g/mol. The summed E-state index contributed by atoms with van der Waals surface area (Å²) in [7, 11) is 1.60. The molecule has 4 nitrogen and oxygen atoms in total. The molecular weight excluding hydrogens is 278 g/mol. The van der Waals surface area contributed by atoms with Crippen LogP contribution in [0.25, 0.3) is 6.08 Å². The Morgan fingerprint density at radius 3 is 2.68 bits per heavy atom. The first-order valence-corrected chi connectivity index (χ1v) is 7.31. The van der Waals surface area contributed by atoms with Crippen LogP contribution in [0.3, 0.4) is 0 Å². The Hall–Kier alpha value is -2.28. The van der Waals surface area contributed by atoms with Gasteiger partial charge in [-0.05, 0) is 51.3 Å². The Morgan fingerprint density at radius 2 is 2.09 bits per heavy atom. The highest BCUT2D eigenvalue weighted by molar-refractivity contribution is 5.88. The topological polar surface area (TPSA) is 59.3 Å². The molecule has 0 N–H and O–H groups in total. The molecule has 0 amide bonds. The van der Waals surface area contributed by atoms with Crippen molar-refractivity contribution in [3.05, 3.63) is 35.4 Å². The lowest BCUT2D eigenvalue weighted by Crippen LogP contribution is -2.22. The Bertz CT molecular complexity index is 577. The van der Waals surface area contributed by atoms with Gasteiger partial charge in [-0.1, -0.05) is 12.1 Å². The predicted octanol–water partition coefficient (Wildman–Crippen LogP) is 3.90. The van der Waals surface area contributed by atoms with Crippen LogP contribution in [0.2, 0.25) is 0 Å². The molecule has 0 aliphatic rings. The molecule has 1 aromatic rings. The largest absolute Gasteiger partial charge is 0.496 e. The summed E-state index contributed by atoms with van der Waals surface area (Å²) in [5.74, 6) is 0.315. The SMILES string of the molecule is COc1cccc(CCCC#N)c1/C=C/C(=O)OC(C)(C)C. The number of nitrogens with zero attached hydrogens (tertiary/aromatic N) is 1. The van der Waals surface area contributed by atoms with Crippen LogP contribution in [-0.4, -0.2) is 18.7 Å². The zero-order valence-electron chi connectivity index (χ0n) is 13.7. The van der Waals surface area contributed by atoms with Crippen molar-refractivity contribution in [3.63, 3.8) is 0 Å². The molecule has 0 saturated carbocycles. The van der Waals surface area contributed by atoms with Gasteiger partial charge in [0.25, 0.3) is 0 Å². The Labute approximate surface area is 132 Å². The molecule has 1 aromatic carbocycles. The summed E-state index contributed by atoms with van der Waals surface area (Å²) in [6, 6.07) is 7.88. The maximum absolute atomic E-state index is 11.8. The van der Waals surface area contributed by atoms with E-state index in [0.717, 1.165) is 24.0 Å². The summed E-state index contributed by atoms with van der Waals surface area (Å²) in [5, 5.41) is 8.65. The third-order valence-corrected chi connectivity index (χ3v) is 2.90. The van der Waals surface area contributed by atoms with Crippen LogP contribution in [0, 0.1) is 11.3 Å². The van der Waals surface area contributed by atoms with Crippen molar-refractivity contribution in [2.45, 2.75) is 45.6 Å². The highest BCUT2D eigenvalue weighted by Crippen LogP contribution is 2.25. The molecule has 1 rings (SSSR count). The second-order valence-electron chi connectivity index (χ2n) is 5.91. The number of unbranched alkanes of at least 4 members (excludes halogenated alkanes) is 1. The van der Waals surface area contributed by atoms with Gasteiger partial charge in [-0.25, -0.2) is 4.79 Å². The standard InChI is InChI=1S/C18H23NO3/c1-18(2,3)22-17(20)12-11-15-14(8-5-6-13-19)9-7-10-16(15)21-4/h7,9-12H,5-6,8H2,1-4H3/b12-11+. The van der Waals surface area contributed by atoms with Crippen molar-refractivity contribution in [1.29, 1.82) is 5.26 Å². The summed E-state index contributed by atoms with van der Waals surface area (Å²) >= 11 is 0. The van der Waals surface area contributed by atoms with Gasteiger partial charge in [-0.2, -0.15) is 5.26 Å². The van der Waals surface area contributed by atoms with Crippen LogP contribution in [0.1, 0.15) is 44.7 Å². The zero-order valence-corrected chi connectivity index (χ0v) is 13.7. The van der Waals surface area contributed by atoms with Gasteiger partial charge in [0.15, 0.2) is 0 Å². The molecule has 0 aliphatic carbocycles. The van der Waals surface area contributed by atoms with E-state index in [1.165, 1.54) is 6.08 Å². The van der Waals surface area contributed by atoms with Gasteiger partial charge in [0.2, 0.25) is 0 Å². The number of benzene rings is 1. The molecule has 0 bridgehead atoms. The molecule has 0 radical (unpaired) electrons. The Balaban J connectivity index is 2.95. The lowest BCUT2D eigenvalue weighted by Gasteiger charge is -2.18. The van der Waals surface area contributed by atoms with E-state index in [4.69, 9.17) is 14.7 Å². The van der Waals surface area contributed by atoms with Crippen molar-refractivity contribution in [1.82, 2.24) is 0 Å². The van der Waals surface area contributed by atoms with Gasteiger partial charge in [0.05, 0.1) is 13.2 Å². The number of hydrogen-bond acceptors (Lipinski definition) is 4. The summed E-state index contributed by atoms with van der Waals surface area (Å²) in [6.45, 7) is 5.49. The van der Waals surface area contributed by atoms with Crippen molar-refractivity contribution in [2.24, 2.45) is 0 Å². The summed E-state index contributed by atoms with van der Waals surface area (Å²) in [6.07, 6.45) is 5.17. The van der Waals surface area contributed by atoms with Crippen molar-refractivity contribution < 1.29 is 14.3 Å². The number of carbonyl (C=O) groups is 1. The molecule has 4 heteroatoms. The van der Waals surface area contributed by atoms with E-state index in [9.17, 15) is 4.79 Å². The van der Waals surface area contributed by atoms with Gasteiger partial charge in [0, 0.05) is 18.1 Å². The van der Waals surface area contributed by atoms with E-state index in [-0.39, 0.29) is 5.97 Å². The summed E-state index contributed by atoms with van der Waals surface area (Å²) in [5.41, 5.74) is 1.39. The minimum atomic E-state index is -0.516. The summed E-state index contributed by atoms with van der Waals surface area (Å²) < 4.78 is 10.6. The third kappa shape index (κ3) is 6.01. The van der Waals surface area contributed by atoms with Gasteiger partial charge in [-0.3, -0.25) is 0 Å². The van der Waals surface area contributed by atoms with E-state index in [2.05, 4.69) is 6.07 Å². The van der Waals surface area contributed by atoms with Gasteiger partial charge in [-0.15, -0.1) is 0 Å². The molecule has 0 heterocycles. The molecule has 0 atom stereocenters. The number of rotatable bonds is 6. The van der Waals surface area contributed by atoms with Crippen LogP contribution >= 0.6 is 0 Å². The monoisotopic (exact) mass is 301 g/mol. The quantitative estimate of drug-likeness (QED) is 0.454. The maximum atomic E-state index is 11.8. The van der Waals surface area contributed by atoms with Gasteiger partial charge in [0.1, 0.15) is 11.4 Å². The second-order valence-corrected chi connectivity index (χ2v) is 5.91. The first kappa shape index (κ1) is 17.8. The highest BCUT2D eigenvalue weighted by Gasteiger charge is 2.14. The van der Waals surface area contributed by atoms with Crippen molar-refractivity contribution in [2.75, 3.05) is 7.11 Å². The van der Waals surface area contributed by atoms with Crippen molar-refractivity contribution in [3.8, 4) is 11.8 Å².